The number of anilines is 1. The van der Waals surface area contributed by atoms with E-state index in [1.54, 1.807) is 18.4 Å². The molecule has 0 amide bonds. The zero-order valence-electron chi connectivity index (χ0n) is 11.6. The molecule has 0 atom stereocenters. The van der Waals surface area contributed by atoms with Gasteiger partial charge in [-0.2, -0.15) is 0 Å². The normalized spacial score (nSPS) is 11.4. The van der Waals surface area contributed by atoms with Crippen molar-refractivity contribution < 1.29 is 4.74 Å². The predicted octanol–water partition coefficient (Wildman–Crippen LogP) is 2.64. The summed E-state index contributed by atoms with van der Waals surface area (Å²) in [4.78, 5) is 8.73. The molecule has 1 aromatic carbocycles. The van der Waals surface area contributed by atoms with Gasteiger partial charge in [0.25, 0.3) is 0 Å². The summed E-state index contributed by atoms with van der Waals surface area (Å²) in [6.07, 6.45) is 0.948. The molecule has 1 heterocycles. The highest BCUT2D eigenvalue weighted by Crippen LogP contribution is 2.22. The van der Waals surface area contributed by atoms with E-state index in [0.717, 1.165) is 28.6 Å². The molecule has 0 bridgehead atoms. The number of rotatable bonds is 5. The van der Waals surface area contributed by atoms with Gasteiger partial charge in [-0.05, 0) is 18.6 Å². The first kappa shape index (κ1) is 14.3. The molecule has 1 aromatic heterocycles. The second kappa shape index (κ2) is 6.91. The Hall–Kier alpha value is -2.08. The summed E-state index contributed by atoms with van der Waals surface area (Å²) in [5.74, 6) is 1.08. The van der Waals surface area contributed by atoms with Crippen molar-refractivity contribution in [2.45, 2.75) is 19.9 Å². The van der Waals surface area contributed by atoms with E-state index in [1.807, 2.05) is 29.6 Å². The Kier molecular flexibility index (Phi) is 4.95. The predicted molar refractivity (Wildman–Crippen MR) is 83.4 cm³/mol. The van der Waals surface area contributed by atoms with E-state index in [4.69, 9.17) is 10.5 Å². The van der Waals surface area contributed by atoms with Gasteiger partial charge in [-0.3, -0.25) is 0 Å². The highest BCUT2D eigenvalue weighted by Gasteiger charge is 2.03. The third-order valence-corrected chi connectivity index (χ3v) is 3.72. The average molecular weight is 290 g/mol. The van der Waals surface area contributed by atoms with Crippen LogP contribution in [0.5, 0.6) is 5.75 Å². The van der Waals surface area contributed by atoms with Crippen LogP contribution in [0.25, 0.3) is 0 Å². The van der Waals surface area contributed by atoms with Gasteiger partial charge in [0.2, 0.25) is 0 Å². The Morgan fingerprint density at radius 1 is 1.45 bits per heavy atom. The largest absolute Gasteiger partial charge is 0.495 e. The SMILES string of the molecule is CCc1nc(CN=C(N)Nc2ccccc2OC)cs1. The number of aromatic nitrogens is 1. The Morgan fingerprint density at radius 2 is 2.25 bits per heavy atom. The first-order valence-electron chi connectivity index (χ1n) is 6.36. The molecular formula is C14H18N4OS. The zero-order chi connectivity index (χ0) is 14.4. The van der Waals surface area contributed by atoms with Crippen molar-refractivity contribution in [2.24, 2.45) is 10.7 Å². The minimum Gasteiger partial charge on any atom is -0.495 e. The van der Waals surface area contributed by atoms with Gasteiger partial charge in [-0.25, -0.2) is 9.98 Å². The summed E-state index contributed by atoms with van der Waals surface area (Å²) in [7, 11) is 1.62. The van der Waals surface area contributed by atoms with E-state index in [2.05, 4.69) is 22.2 Å². The Morgan fingerprint density at radius 3 is 2.95 bits per heavy atom. The summed E-state index contributed by atoms with van der Waals surface area (Å²) < 4.78 is 5.24. The number of nitrogens with one attached hydrogen (secondary N) is 1. The van der Waals surface area contributed by atoms with Gasteiger partial charge >= 0.3 is 0 Å². The highest BCUT2D eigenvalue weighted by molar-refractivity contribution is 7.09. The van der Waals surface area contributed by atoms with Gasteiger partial charge in [0.1, 0.15) is 5.75 Å². The zero-order valence-corrected chi connectivity index (χ0v) is 12.4. The standard InChI is InChI=1S/C14H18N4OS/c1-3-13-17-10(9-20-13)8-16-14(15)18-11-6-4-5-7-12(11)19-2/h4-7,9H,3,8H2,1-2H3,(H3,15,16,18). The second-order valence-electron chi connectivity index (χ2n) is 4.11. The fraction of sp³-hybridized carbons (Fsp3) is 0.286. The van der Waals surface area contributed by atoms with Crippen LogP contribution in [0.2, 0.25) is 0 Å². The Bertz CT molecular complexity index is 594. The lowest BCUT2D eigenvalue weighted by Gasteiger charge is -2.09. The molecule has 0 aliphatic carbocycles. The Labute approximate surface area is 122 Å². The van der Waals surface area contributed by atoms with Crippen LogP contribution in [0.15, 0.2) is 34.6 Å². The van der Waals surface area contributed by atoms with Crippen LogP contribution in [0.4, 0.5) is 5.69 Å². The number of aryl methyl sites for hydroxylation is 1. The molecule has 0 unspecified atom stereocenters. The summed E-state index contributed by atoms with van der Waals surface area (Å²) in [6.45, 7) is 2.56. The van der Waals surface area contributed by atoms with Crippen molar-refractivity contribution in [3.63, 3.8) is 0 Å². The van der Waals surface area contributed by atoms with E-state index in [1.165, 1.54) is 0 Å². The molecule has 2 aromatic rings. The van der Waals surface area contributed by atoms with Crippen molar-refractivity contribution >= 4 is 23.0 Å². The number of guanidine groups is 1. The quantitative estimate of drug-likeness (QED) is 0.656. The molecule has 0 radical (unpaired) electrons. The molecule has 6 heteroatoms. The fourth-order valence-corrected chi connectivity index (χ4v) is 2.41. The molecule has 0 fully saturated rings. The molecule has 0 aliphatic heterocycles. The lowest BCUT2D eigenvalue weighted by atomic mass is 10.3. The van der Waals surface area contributed by atoms with Crippen LogP contribution in [0.1, 0.15) is 17.6 Å². The van der Waals surface area contributed by atoms with Crippen LogP contribution >= 0.6 is 11.3 Å². The topological polar surface area (TPSA) is 72.5 Å². The first-order chi connectivity index (χ1) is 9.72. The maximum Gasteiger partial charge on any atom is 0.193 e. The van der Waals surface area contributed by atoms with E-state index >= 15 is 0 Å². The second-order valence-corrected chi connectivity index (χ2v) is 5.06. The van der Waals surface area contributed by atoms with Gasteiger partial charge in [-0.1, -0.05) is 19.1 Å². The first-order valence-corrected chi connectivity index (χ1v) is 7.24. The van der Waals surface area contributed by atoms with Gasteiger partial charge in [0.15, 0.2) is 5.96 Å². The van der Waals surface area contributed by atoms with Gasteiger partial charge in [-0.15, -0.1) is 11.3 Å². The minimum absolute atomic E-state index is 0.348. The van der Waals surface area contributed by atoms with Crippen molar-refractivity contribution in [3.05, 3.63) is 40.3 Å². The molecule has 5 nitrogen and oxygen atoms in total. The number of methoxy groups -OCH3 is 1. The molecule has 0 saturated carbocycles. The summed E-state index contributed by atoms with van der Waals surface area (Å²) in [5.41, 5.74) is 7.61. The number of para-hydroxylation sites is 2. The third-order valence-electron chi connectivity index (χ3n) is 2.68. The van der Waals surface area contributed by atoms with Crippen molar-refractivity contribution in [1.29, 1.82) is 0 Å². The molecule has 3 N–H and O–H groups in total. The maximum atomic E-state index is 5.88. The van der Waals surface area contributed by atoms with Crippen molar-refractivity contribution in [2.75, 3.05) is 12.4 Å². The molecule has 2 rings (SSSR count). The maximum absolute atomic E-state index is 5.88. The number of nitrogens with zero attached hydrogens (tertiary/aromatic N) is 2. The number of benzene rings is 1. The number of thiazole rings is 1. The number of ether oxygens (including phenoxy) is 1. The lowest BCUT2D eigenvalue weighted by Crippen LogP contribution is -2.22. The molecule has 20 heavy (non-hydrogen) atoms. The number of hydrogen-bond acceptors (Lipinski definition) is 4. The summed E-state index contributed by atoms with van der Waals surface area (Å²) in [6, 6.07) is 7.56. The van der Waals surface area contributed by atoms with Crippen LogP contribution in [0.3, 0.4) is 0 Å². The smallest absolute Gasteiger partial charge is 0.193 e. The van der Waals surface area contributed by atoms with Crippen LogP contribution in [0, 0.1) is 0 Å². The molecule has 106 valence electrons. The molecule has 0 aliphatic rings. The number of aliphatic imine (C=N–C) groups is 1. The van der Waals surface area contributed by atoms with Gasteiger partial charge < -0.3 is 15.8 Å². The minimum atomic E-state index is 0.348. The number of hydrogen-bond donors (Lipinski definition) is 2. The van der Waals surface area contributed by atoms with Crippen LogP contribution in [-0.2, 0) is 13.0 Å². The van der Waals surface area contributed by atoms with Crippen LogP contribution < -0.4 is 15.8 Å². The van der Waals surface area contributed by atoms with Crippen molar-refractivity contribution in [1.82, 2.24) is 4.98 Å². The van der Waals surface area contributed by atoms with E-state index in [-0.39, 0.29) is 0 Å². The molecule has 0 spiro atoms. The summed E-state index contributed by atoms with van der Waals surface area (Å²) >= 11 is 1.65. The molecular weight excluding hydrogens is 272 g/mol. The van der Waals surface area contributed by atoms with E-state index in [0.29, 0.717) is 12.5 Å². The molecule has 0 saturated heterocycles. The average Bonchev–Trinajstić information content (AvgIpc) is 2.94. The van der Waals surface area contributed by atoms with E-state index < -0.39 is 0 Å². The van der Waals surface area contributed by atoms with Gasteiger partial charge in [0.05, 0.1) is 30.0 Å². The Balaban J connectivity index is 2.00. The van der Waals surface area contributed by atoms with E-state index in [9.17, 15) is 0 Å². The van der Waals surface area contributed by atoms with Crippen molar-refractivity contribution in [3.8, 4) is 5.75 Å². The summed E-state index contributed by atoms with van der Waals surface area (Å²) in [5, 5.41) is 6.16. The lowest BCUT2D eigenvalue weighted by molar-refractivity contribution is 0.417. The highest BCUT2D eigenvalue weighted by atomic mass is 32.1. The van der Waals surface area contributed by atoms with Crippen LogP contribution in [-0.4, -0.2) is 18.1 Å². The monoisotopic (exact) mass is 290 g/mol. The number of nitrogens with two attached hydrogens (primary N) is 1. The third kappa shape index (κ3) is 3.71. The van der Waals surface area contributed by atoms with Gasteiger partial charge in [0, 0.05) is 5.38 Å². The fourth-order valence-electron chi connectivity index (χ4n) is 1.68.